The molecule has 2 aliphatic rings. The molecule has 4 rings (SSSR count). The largest absolute Gasteiger partial charge is 0.330 e. The van der Waals surface area contributed by atoms with E-state index in [1.807, 2.05) is 22.6 Å². The molecule has 0 bridgehead atoms. The van der Waals surface area contributed by atoms with Crippen molar-refractivity contribution >= 4 is 5.91 Å². The number of rotatable bonds is 3. The van der Waals surface area contributed by atoms with Crippen LogP contribution in [0.2, 0.25) is 0 Å². The van der Waals surface area contributed by atoms with Crippen LogP contribution in [-0.2, 0) is 0 Å². The third kappa shape index (κ3) is 3.76. The summed E-state index contributed by atoms with van der Waals surface area (Å²) in [5.74, 6) is 0.0310. The minimum absolute atomic E-state index is 0.0310. The van der Waals surface area contributed by atoms with Gasteiger partial charge in [-0.25, -0.2) is 4.68 Å². The molecule has 0 spiro atoms. The lowest BCUT2D eigenvalue weighted by Crippen LogP contribution is -2.35. The number of nitrogens with zero attached hydrogens (tertiary/aromatic N) is 4. The molecular weight excluding hydrogens is 338 g/mol. The van der Waals surface area contributed by atoms with Crippen molar-refractivity contribution in [3.63, 3.8) is 0 Å². The first-order valence-corrected chi connectivity index (χ1v) is 10.2. The van der Waals surface area contributed by atoms with Crippen molar-refractivity contribution in [1.82, 2.24) is 25.2 Å². The summed E-state index contributed by atoms with van der Waals surface area (Å²) in [5.41, 5.74) is 2.65. The van der Waals surface area contributed by atoms with E-state index in [-0.39, 0.29) is 11.9 Å². The number of hydrogen-bond donors (Lipinski definition) is 1. The number of amides is 1. The molecule has 2 aliphatic heterocycles. The summed E-state index contributed by atoms with van der Waals surface area (Å²) in [7, 11) is 0. The summed E-state index contributed by atoms with van der Waals surface area (Å²) in [6.07, 6.45) is 6.47. The molecule has 1 atom stereocenters. The molecular formula is C21H29N5O. The Hall–Kier alpha value is -2.21. The van der Waals surface area contributed by atoms with Gasteiger partial charge in [-0.15, -0.1) is 5.10 Å². The van der Waals surface area contributed by atoms with E-state index in [0.717, 1.165) is 57.4 Å². The fourth-order valence-electron chi connectivity index (χ4n) is 4.45. The summed E-state index contributed by atoms with van der Waals surface area (Å²) < 4.78 is 1.98. The minimum atomic E-state index is 0.0310. The molecule has 6 nitrogen and oxygen atoms in total. The van der Waals surface area contributed by atoms with Crippen molar-refractivity contribution in [2.75, 3.05) is 19.6 Å². The zero-order valence-electron chi connectivity index (χ0n) is 16.1. The van der Waals surface area contributed by atoms with Gasteiger partial charge in [0.25, 0.3) is 5.91 Å². The first-order chi connectivity index (χ1) is 13.3. The molecule has 3 heterocycles. The number of aromatic nitrogens is 3. The van der Waals surface area contributed by atoms with Gasteiger partial charge in [0.2, 0.25) is 0 Å². The van der Waals surface area contributed by atoms with E-state index >= 15 is 0 Å². The summed E-state index contributed by atoms with van der Waals surface area (Å²) in [4.78, 5) is 15.5. The minimum Gasteiger partial charge on any atom is -0.330 e. The lowest BCUT2D eigenvalue weighted by Gasteiger charge is -2.30. The highest BCUT2D eigenvalue weighted by atomic mass is 16.2. The highest BCUT2D eigenvalue weighted by Gasteiger charge is 2.31. The first kappa shape index (κ1) is 18.2. The van der Waals surface area contributed by atoms with Crippen LogP contribution in [-0.4, -0.2) is 45.4 Å². The van der Waals surface area contributed by atoms with Crippen molar-refractivity contribution in [3.05, 3.63) is 47.3 Å². The second-order valence-corrected chi connectivity index (χ2v) is 7.72. The quantitative estimate of drug-likeness (QED) is 0.904. The average Bonchev–Trinajstić information content (AvgIpc) is 2.94. The van der Waals surface area contributed by atoms with Gasteiger partial charge >= 0.3 is 0 Å². The number of nitrogens with one attached hydrogen (secondary N) is 1. The molecule has 1 aromatic heterocycles. The van der Waals surface area contributed by atoms with Crippen LogP contribution in [0.4, 0.5) is 0 Å². The van der Waals surface area contributed by atoms with Gasteiger partial charge in [-0.2, -0.15) is 0 Å². The van der Waals surface area contributed by atoms with E-state index < -0.39 is 0 Å². The monoisotopic (exact) mass is 367 g/mol. The maximum absolute atomic E-state index is 13.5. The lowest BCUT2D eigenvalue weighted by molar-refractivity contribution is 0.0674. The Balaban J connectivity index is 1.61. The van der Waals surface area contributed by atoms with Crippen molar-refractivity contribution in [2.24, 2.45) is 0 Å². The van der Waals surface area contributed by atoms with E-state index in [9.17, 15) is 4.79 Å². The van der Waals surface area contributed by atoms with Gasteiger partial charge in [-0.1, -0.05) is 48.4 Å². The fourth-order valence-corrected chi connectivity index (χ4v) is 4.45. The third-order valence-corrected chi connectivity index (χ3v) is 5.98. The number of piperidine rings is 1. The third-order valence-electron chi connectivity index (χ3n) is 5.98. The molecule has 144 valence electrons. The number of hydrogen-bond acceptors (Lipinski definition) is 4. The van der Waals surface area contributed by atoms with Gasteiger partial charge in [0.15, 0.2) is 5.69 Å². The zero-order valence-corrected chi connectivity index (χ0v) is 16.1. The molecule has 1 N–H and O–H groups in total. The van der Waals surface area contributed by atoms with Gasteiger partial charge in [0, 0.05) is 6.54 Å². The van der Waals surface area contributed by atoms with Crippen LogP contribution in [0, 0.1) is 6.92 Å². The molecule has 1 aromatic carbocycles. The van der Waals surface area contributed by atoms with Crippen LogP contribution in [0.15, 0.2) is 30.3 Å². The van der Waals surface area contributed by atoms with Gasteiger partial charge < -0.3 is 10.2 Å². The molecule has 27 heavy (non-hydrogen) atoms. The summed E-state index contributed by atoms with van der Waals surface area (Å²) in [6, 6.07) is 10.9. The summed E-state index contributed by atoms with van der Waals surface area (Å²) in [5, 5.41) is 12.1. The summed E-state index contributed by atoms with van der Waals surface area (Å²) in [6.45, 7) is 4.77. The van der Waals surface area contributed by atoms with Crippen molar-refractivity contribution in [2.45, 2.75) is 57.5 Å². The topological polar surface area (TPSA) is 63.1 Å². The van der Waals surface area contributed by atoms with E-state index in [1.165, 1.54) is 12.0 Å². The molecule has 1 amide bonds. The second-order valence-electron chi connectivity index (χ2n) is 7.72. The molecule has 2 saturated heterocycles. The molecule has 0 radical (unpaired) electrons. The highest BCUT2D eigenvalue weighted by molar-refractivity contribution is 5.93. The zero-order chi connectivity index (χ0) is 18.6. The van der Waals surface area contributed by atoms with Crippen LogP contribution in [0.3, 0.4) is 0 Å². The van der Waals surface area contributed by atoms with Crippen LogP contribution in [0.5, 0.6) is 0 Å². The van der Waals surface area contributed by atoms with Crippen LogP contribution >= 0.6 is 0 Å². The Morgan fingerprint density at radius 1 is 1.07 bits per heavy atom. The Bertz CT molecular complexity index is 766. The highest BCUT2D eigenvalue weighted by Crippen LogP contribution is 2.31. The Morgan fingerprint density at radius 2 is 1.85 bits per heavy atom. The van der Waals surface area contributed by atoms with Gasteiger partial charge in [-0.05, 0) is 51.3 Å². The predicted octanol–water partition coefficient (Wildman–Crippen LogP) is 3.27. The van der Waals surface area contributed by atoms with Crippen LogP contribution in [0.25, 0.3) is 0 Å². The van der Waals surface area contributed by atoms with E-state index in [4.69, 9.17) is 0 Å². The van der Waals surface area contributed by atoms with Crippen molar-refractivity contribution < 1.29 is 4.79 Å². The first-order valence-electron chi connectivity index (χ1n) is 10.2. The molecule has 0 saturated carbocycles. The standard InChI is InChI=1S/C21H29N5O/c1-16-20(23-24-26(16)18-11-13-22-14-12-18)21(27)25-15-7-3-6-10-19(25)17-8-4-2-5-9-17/h2,4-5,8-9,18-19,22H,3,6-7,10-15H2,1H3. The normalized spacial score (nSPS) is 21.8. The maximum Gasteiger partial charge on any atom is 0.276 e. The van der Waals surface area contributed by atoms with Crippen molar-refractivity contribution in [3.8, 4) is 0 Å². The van der Waals surface area contributed by atoms with Crippen LogP contribution < -0.4 is 5.32 Å². The number of benzene rings is 1. The molecule has 1 unspecified atom stereocenters. The Labute approximate surface area is 160 Å². The number of likely N-dealkylation sites (tertiary alicyclic amines) is 1. The fraction of sp³-hybridized carbons (Fsp3) is 0.571. The number of carbonyl (C=O) groups excluding carboxylic acids is 1. The van der Waals surface area contributed by atoms with E-state index in [1.54, 1.807) is 0 Å². The molecule has 6 heteroatoms. The van der Waals surface area contributed by atoms with Gasteiger partial charge in [0.05, 0.1) is 17.8 Å². The molecule has 2 fully saturated rings. The predicted molar refractivity (Wildman–Crippen MR) is 105 cm³/mol. The van der Waals surface area contributed by atoms with E-state index in [2.05, 4.69) is 39.9 Å². The van der Waals surface area contributed by atoms with Gasteiger partial charge in [0.1, 0.15) is 0 Å². The van der Waals surface area contributed by atoms with Crippen LogP contribution in [0.1, 0.15) is 72.4 Å². The lowest BCUT2D eigenvalue weighted by atomic mass is 10.0. The maximum atomic E-state index is 13.5. The SMILES string of the molecule is Cc1c(C(=O)N2CCCCCC2c2ccccc2)nnn1C1CCNCC1. The Kier molecular flexibility index (Phi) is 5.53. The average molecular weight is 367 g/mol. The molecule has 0 aliphatic carbocycles. The van der Waals surface area contributed by atoms with E-state index in [0.29, 0.717) is 11.7 Å². The van der Waals surface area contributed by atoms with Gasteiger partial charge in [-0.3, -0.25) is 4.79 Å². The van der Waals surface area contributed by atoms with Crippen molar-refractivity contribution in [1.29, 1.82) is 0 Å². The smallest absolute Gasteiger partial charge is 0.276 e. The molecule has 2 aromatic rings. The Morgan fingerprint density at radius 3 is 2.63 bits per heavy atom. The number of carbonyl (C=O) groups is 1. The summed E-state index contributed by atoms with van der Waals surface area (Å²) >= 11 is 0. The second kappa shape index (κ2) is 8.21.